The molecule has 0 bridgehead atoms. The van der Waals surface area contributed by atoms with Crippen molar-refractivity contribution in [2.45, 2.75) is 46.0 Å². The van der Waals surface area contributed by atoms with Crippen LogP contribution in [-0.4, -0.2) is 10.9 Å². The van der Waals surface area contributed by atoms with Gasteiger partial charge in [0.1, 0.15) is 0 Å². The average molecular weight is 238 g/mol. The molecule has 0 spiro atoms. The molecule has 0 aromatic carbocycles. The Bertz CT molecular complexity index is 386. The second kappa shape index (κ2) is 4.95. The fourth-order valence-corrected chi connectivity index (χ4v) is 3.19. The van der Waals surface area contributed by atoms with Crippen LogP contribution in [0, 0.1) is 5.92 Å². The zero-order chi connectivity index (χ0) is 11.5. The molecule has 16 heavy (non-hydrogen) atoms. The van der Waals surface area contributed by atoms with Crippen LogP contribution < -0.4 is 5.32 Å². The Morgan fingerprint density at radius 2 is 2.44 bits per heavy atom. The maximum absolute atomic E-state index is 11.4. The number of carbonyl (C=O) groups excluding carboxylic acids is 1. The van der Waals surface area contributed by atoms with E-state index in [4.69, 9.17) is 0 Å². The zero-order valence-electron chi connectivity index (χ0n) is 9.88. The van der Waals surface area contributed by atoms with Crippen LogP contribution in [0.25, 0.3) is 0 Å². The smallest absolute Gasteiger partial charge is 0.226 e. The van der Waals surface area contributed by atoms with E-state index in [1.54, 1.807) is 11.3 Å². The molecule has 0 radical (unpaired) electrons. The molecule has 0 fully saturated rings. The first-order valence-corrected chi connectivity index (χ1v) is 6.79. The fraction of sp³-hybridized carbons (Fsp3) is 0.667. The molecule has 0 saturated carbocycles. The van der Waals surface area contributed by atoms with Crippen LogP contribution in [0.3, 0.4) is 0 Å². The molecule has 1 aliphatic carbocycles. The number of thiazole rings is 1. The Morgan fingerprint density at radius 1 is 1.62 bits per heavy atom. The summed E-state index contributed by atoms with van der Waals surface area (Å²) in [4.78, 5) is 17.3. The number of carbonyl (C=O) groups is 1. The van der Waals surface area contributed by atoms with Gasteiger partial charge in [-0.2, -0.15) is 0 Å². The molecule has 3 nitrogen and oxygen atoms in total. The molecule has 1 N–H and O–H groups in total. The van der Waals surface area contributed by atoms with Crippen LogP contribution >= 0.6 is 11.3 Å². The van der Waals surface area contributed by atoms with Gasteiger partial charge in [-0.25, -0.2) is 4.98 Å². The van der Waals surface area contributed by atoms with Gasteiger partial charge in [-0.05, 0) is 31.6 Å². The van der Waals surface area contributed by atoms with E-state index in [0.717, 1.165) is 30.3 Å². The zero-order valence-corrected chi connectivity index (χ0v) is 10.7. The fourth-order valence-electron chi connectivity index (χ4n) is 2.00. The summed E-state index contributed by atoms with van der Waals surface area (Å²) in [5.74, 6) is 0.841. The van der Waals surface area contributed by atoms with Crippen molar-refractivity contribution in [3.8, 4) is 0 Å². The highest BCUT2D eigenvalue weighted by atomic mass is 32.1. The van der Waals surface area contributed by atoms with Gasteiger partial charge in [0.05, 0.1) is 5.69 Å². The third kappa shape index (κ3) is 2.61. The highest BCUT2D eigenvalue weighted by Gasteiger charge is 2.20. The molecule has 2 rings (SSSR count). The molecular formula is C12H18N2OS. The predicted molar refractivity (Wildman–Crippen MR) is 66.8 cm³/mol. The minimum absolute atomic E-state index is 0.0849. The first-order chi connectivity index (χ1) is 7.69. The third-order valence-corrected chi connectivity index (χ3v) is 3.94. The number of anilines is 1. The summed E-state index contributed by atoms with van der Waals surface area (Å²) in [6.45, 7) is 4.28. The number of fused-ring (bicyclic) bond motifs is 1. The van der Waals surface area contributed by atoms with Crippen molar-refractivity contribution in [3.63, 3.8) is 0 Å². The van der Waals surface area contributed by atoms with Crippen LogP contribution in [0.5, 0.6) is 0 Å². The van der Waals surface area contributed by atoms with E-state index in [9.17, 15) is 4.79 Å². The summed E-state index contributed by atoms with van der Waals surface area (Å²) in [5.41, 5.74) is 1.20. The SMILES string of the molecule is CCCC(=O)Nc1nc2c(s1)C[C@H](C)CC2. The Balaban J connectivity index is 2.04. The highest BCUT2D eigenvalue weighted by Crippen LogP contribution is 2.32. The van der Waals surface area contributed by atoms with E-state index in [2.05, 4.69) is 17.2 Å². The standard InChI is InChI=1S/C12H18N2OS/c1-3-4-11(15)14-12-13-9-6-5-8(2)7-10(9)16-12/h8H,3-7H2,1-2H3,(H,13,14,15)/t8-/m1/s1. The minimum atomic E-state index is 0.0849. The monoisotopic (exact) mass is 238 g/mol. The molecule has 1 heterocycles. The molecule has 1 aliphatic rings. The van der Waals surface area contributed by atoms with E-state index in [-0.39, 0.29) is 5.91 Å². The van der Waals surface area contributed by atoms with Crippen LogP contribution in [0.2, 0.25) is 0 Å². The Hall–Kier alpha value is -0.900. The van der Waals surface area contributed by atoms with Gasteiger partial charge in [-0.3, -0.25) is 4.79 Å². The van der Waals surface area contributed by atoms with Crippen molar-refractivity contribution in [2.24, 2.45) is 5.92 Å². The van der Waals surface area contributed by atoms with Gasteiger partial charge in [0, 0.05) is 11.3 Å². The lowest BCUT2D eigenvalue weighted by Gasteiger charge is -2.15. The van der Waals surface area contributed by atoms with Crippen LogP contribution in [-0.2, 0) is 17.6 Å². The molecule has 1 atom stereocenters. The summed E-state index contributed by atoms with van der Waals surface area (Å²) in [6, 6.07) is 0. The lowest BCUT2D eigenvalue weighted by molar-refractivity contribution is -0.116. The quantitative estimate of drug-likeness (QED) is 0.879. The second-order valence-electron chi connectivity index (χ2n) is 4.54. The van der Waals surface area contributed by atoms with Gasteiger partial charge in [0.15, 0.2) is 5.13 Å². The maximum atomic E-state index is 11.4. The molecule has 1 aromatic heterocycles. The molecule has 1 aromatic rings. The topological polar surface area (TPSA) is 42.0 Å². The van der Waals surface area contributed by atoms with E-state index in [0.29, 0.717) is 6.42 Å². The number of nitrogens with zero attached hydrogens (tertiary/aromatic N) is 1. The number of aromatic nitrogens is 1. The number of rotatable bonds is 3. The van der Waals surface area contributed by atoms with Crippen molar-refractivity contribution in [2.75, 3.05) is 5.32 Å². The Kier molecular flexibility index (Phi) is 3.59. The summed E-state index contributed by atoms with van der Waals surface area (Å²) in [7, 11) is 0. The van der Waals surface area contributed by atoms with E-state index in [1.165, 1.54) is 17.0 Å². The molecular weight excluding hydrogens is 220 g/mol. The lowest BCUT2D eigenvalue weighted by Crippen LogP contribution is -2.10. The summed E-state index contributed by atoms with van der Waals surface area (Å²) in [5, 5.41) is 3.67. The van der Waals surface area contributed by atoms with Crippen LogP contribution in [0.4, 0.5) is 5.13 Å². The van der Waals surface area contributed by atoms with E-state index >= 15 is 0 Å². The highest BCUT2D eigenvalue weighted by molar-refractivity contribution is 7.15. The van der Waals surface area contributed by atoms with E-state index < -0.39 is 0 Å². The van der Waals surface area contributed by atoms with Gasteiger partial charge >= 0.3 is 0 Å². The molecule has 0 saturated heterocycles. The Morgan fingerprint density at radius 3 is 3.19 bits per heavy atom. The van der Waals surface area contributed by atoms with Gasteiger partial charge in [0.2, 0.25) is 5.91 Å². The Labute approximate surface area is 100 Å². The van der Waals surface area contributed by atoms with Crippen molar-refractivity contribution < 1.29 is 4.79 Å². The van der Waals surface area contributed by atoms with Gasteiger partial charge in [-0.1, -0.05) is 13.8 Å². The van der Waals surface area contributed by atoms with E-state index in [1.807, 2.05) is 6.92 Å². The van der Waals surface area contributed by atoms with Gasteiger partial charge in [0.25, 0.3) is 0 Å². The van der Waals surface area contributed by atoms with Crippen LogP contribution in [0.1, 0.15) is 43.7 Å². The van der Waals surface area contributed by atoms with Crippen molar-refractivity contribution in [1.82, 2.24) is 4.98 Å². The number of amides is 1. The second-order valence-corrected chi connectivity index (χ2v) is 5.62. The summed E-state index contributed by atoms with van der Waals surface area (Å²) in [6.07, 6.45) is 4.88. The maximum Gasteiger partial charge on any atom is 0.226 e. The van der Waals surface area contributed by atoms with Crippen molar-refractivity contribution >= 4 is 22.4 Å². The first kappa shape index (κ1) is 11.6. The molecule has 0 aliphatic heterocycles. The molecule has 88 valence electrons. The third-order valence-electron chi connectivity index (χ3n) is 2.91. The van der Waals surface area contributed by atoms with Gasteiger partial charge in [-0.15, -0.1) is 11.3 Å². The predicted octanol–water partition coefficient (Wildman–Crippen LogP) is 3.01. The summed E-state index contributed by atoms with van der Waals surface area (Å²) >= 11 is 1.65. The first-order valence-electron chi connectivity index (χ1n) is 5.97. The van der Waals surface area contributed by atoms with Crippen molar-refractivity contribution in [3.05, 3.63) is 10.6 Å². The largest absolute Gasteiger partial charge is 0.302 e. The van der Waals surface area contributed by atoms with Crippen LogP contribution in [0.15, 0.2) is 0 Å². The average Bonchev–Trinajstić information content (AvgIpc) is 2.59. The normalized spacial score (nSPS) is 19.2. The lowest BCUT2D eigenvalue weighted by atomic mass is 9.93. The molecule has 0 unspecified atom stereocenters. The number of hydrogen-bond acceptors (Lipinski definition) is 3. The summed E-state index contributed by atoms with van der Waals surface area (Å²) < 4.78 is 0. The number of nitrogens with one attached hydrogen (secondary N) is 1. The number of hydrogen-bond donors (Lipinski definition) is 1. The van der Waals surface area contributed by atoms with Gasteiger partial charge < -0.3 is 5.32 Å². The van der Waals surface area contributed by atoms with Crippen molar-refractivity contribution in [1.29, 1.82) is 0 Å². The molecule has 4 heteroatoms. The number of aryl methyl sites for hydroxylation is 1. The molecule has 1 amide bonds. The minimum Gasteiger partial charge on any atom is -0.302 e.